The Morgan fingerprint density at radius 1 is 1.44 bits per heavy atom. The summed E-state index contributed by atoms with van der Waals surface area (Å²) in [5, 5.41) is 13.3. The lowest BCUT2D eigenvalue weighted by molar-refractivity contribution is 0.466. The Labute approximate surface area is 98.7 Å². The number of hydrogen-bond acceptors (Lipinski definition) is 5. The molecule has 0 aliphatic heterocycles. The third-order valence-corrected chi connectivity index (χ3v) is 3.30. The number of rotatable bonds is 4. The second-order valence-electron chi connectivity index (χ2n) is 3.67. The highest BCUT2D eigenvalue weighted by Gasteiger charge is 2.11. The Balaban J connectivity index is 2.04. The lowest BCUT2D eigenvalue weighted by Crippen LogP contribution is -2.05. The van der Waals surface area contributed by atoms with Gasteiger partial charge in [0.2, 0.25) is 5.13 Å². The predicted octanol–water partition coefficient (Wildman–Crippen LogP) is 3.18. The quantitative estimate of drug-likeness (QED) is 0.887. The molecule has 2 aromatic heterocycles. The smallest absolute Gasteiger partial charge is 0.206 e. The summed E-state index contributed by atoms with van der Waals surface area (Å²) in [6.07, 6.45) is 0.924. The predicted molar refractivity (Wildman–Crippen MR) is 64.8 cm³/mol. The molecule has 2 rings (SSSR count). The molecule has 0 spiro atoms. The normalized spacial score (nSPS) is 12.7. The van der Waals surface area contributed by atoms with Crippen LogP contribution in [-0.4, -0.2) is 10.2 Å². The van der Waals surface area contributed by atoms with Crippen molar-refractivity contribution in [2.75, 3.05) is 5.32 Å². The number of furan rings is 1. The van der Waals surface area contributed by atoms with Crippen molar-refractivity contribution in [2.24, 2.45) is 0 Å². The lowest BCUT2D eigenvalue weighted by Gasteiger charge is -2.08. The van der Waals surface area contributed by atoms with Crippen molar-refractivity contribution < 1.29 is 4.42 Å². The molecule has 0 saturated heterocycles. The third-order valence-electron chi connectivity index (χ3n) is 2.30. The Kier molecular flexibility index (Phi) is 3.24. The molecule has 0 radical (unpaired) electrons. The summed E-state index contributed by atoms with van der Waals surface area (Å²) in [4.78, 5) is 0. The van der Waals surface area contributed by atoms with Crippen LogP contribution in [-0.2, 0) is 6.42 Å². The molecule has 2 heterocycles. The van der Waals surface area contributed by atoms with Crippen LogP contribution in [0.3, 0.4) is 0 Å². The fourth-order valence-electron chi connectivity index (χ4n) is 1.40. The highest BCUT2D eigenvalue weighted by atomic mass is 32.1. The van der Waals surface area contributed by atoms with Crippen molar-refractivity contribution in [3.05, 3.63) is 28.7 Å². The highest BCUT2D eigenvalue weighted by molar-refractivity contribution is 7.15. The minimum Gasteiger partial charge on any atom is -0.464 e. The average molecular weight is 237 g/mol. The van der Waals surface area contributed by atoms with Crippen LogP contribution in [0.25, 0.3) is 0 Å². The van der Waals surface area contributed by atoms with Crippen molar-refractivity contribution in [1.29, 1.82) is 0 Å². The van der Waals surface area contributed by atoms with Crippen LogP contribution in [0.4, 0.5) is 5.13 Å². The molecule has 4 nitrogen and oxygen atoms in total. The largest absolute Gasteiger partial charge is 0.464 e. The van der Waals surface area contributed by atoms with Crippen LogP contribution in [0.1, 0.15) is 36.4 Å². The summed E-state index contributed by atoms with van der Waals surface area (Å²) in [5.41, 5.74) is 0. The van der Waals surface area contributed by atoms with E-state index in [4.69, 9.17) is 4.42 Å². The van der Waals surface area contributed by atoms with E-state index in [0.717, 1.165) is 28.1 Å². The first kappa shape index (κ1) is 11.1. The van der Waals surface area contributed by atoms with Gasteiger partial charge in [-0.15, -0.1) is 10.2 Å². The van der Waals surface area contributed by atoms with Gasteiger partial charge in [-0.25, -0.2) is 0 Å². The fraction of sp³-hybridized carbons (Fsp3) is 0.455. The molecule has 0 bridgehead atoms. The molecule has 5 heteroatoms. The number of aryl methyl sites for hydroxylation is 2. The summed E-state index contributed by atoms with van der Waals surface area (Å²) in [5.74, 6) is 1.85. The van der Waals surface area contributed by atoms with Crippen molar-refractivity contribution in [3.8, 4) is 0 Å². The van der Waals surface area contributed by atoms with Gasteiger partial charge >= 0.3 is 0 Å². The summed E-state index contributed by atoms with van der Waals surface area (Å²) in [6.45, 7) is 6.06. The van der Waals surface area contributed by atoms with Gasteiger partial charge in [0.1, 0.15) is 16.5 Å². The zero-order chi connectivity index (χ0) is 11.5. The standard InChI is InChI=1S/C11H15N3OS/c1-4-10-13-14-11(16-10)12-8(3)9-6-5-7(2)15-9/h5-6,8H,4H2,1-3H3,(H,12,14). The van der Waals surface area contributed by atoms with E-state index in [-0.39, 0.29) is 6.04 Å². The van der Waals surface area contributed by atoms with Crippen LogP contribution in [0.15, 0.2) is 16.5 Å². The number of aromatic nitrogens is 2. The van der Waals surface area contributed by atoms with Crippen LogP contribution in [0.2, 0.25) is 0 Å². The second-order valence-corrected chi connectivity index (χ2v) is 4.73. The summed E-state index contributed by atoms with van der Waals surface area (Å²) in [7, 11) is 0. The summed E-state index contributed by atoms with van der Waals surface area (Å²) >= 11 is 1.59. The van der Waals surface area contributed by atoms with Crippen molar-refractivity contribution >= 4 is 16.5 Å². The van der Waals surface area contributed by atoms with Crippen LogP contribution in [0.5, 0.6) is 0 Å². The molecule has 0 amide bonds. The number of nitrogens with one attached hydrogen (secondary N) is 1. The van der Waals surface area contributed by atoms with E-state index in [2.05, 4.69) is 22.4 Å². The molecular formula is C11H15N3OS. The molecule has 0 aromatic carbocycles. The topological polar surface area (TPSA) is 51.0 Å². The first-order valence-corrected chi connectivity index (χ1v) is 6.16. The van der Waals surface area contributed by atoms with Gasteiger partial charge in [-0.1, -0.05) is 18.3 Å². The Morgan fingerprint density at radius 3 is 2.81 bits per heavy atom. The molecule has 0 aliphatic rings. The first-order valence-electron chi connectivity index (χ1n) is 5.34. The summed E-state index contributed by atoms with van der Waals surface area (Å²) in [6, 6.07) is 4.06. The maximum Gasteiger partial charge on any atom is 0.206 e. The Hall–Kier alpha value is -1.36. The zero-order valence-electron chi connectivity index (χ0n) is 9.65. The zero-order valence-corrected chi connectivity index (χ0v) is 10.5. The Morgan fingerprint density at radius 2 is 2.25 bits per heavy atom. The van der Waals surface area contributed by atoms with E-state index in [1.165, 1.54) is 0 Å². The van der Waals surface area contributed by atoms with Crippen molar-refractivity contribution in [3.63, 3.8) is 0 Å². The number of nitrogens with zero attached hydrogens (tertiary/aromatic N) is 2. The van der Waals surface area contributed by atoms with Crippen molar-refractivity contribution in [2.45, 2.75) is 33.2 Å². The molecule has 1 unspecified atom stereocenters. The van der Waals surface area contributed by atoms with Gasteiger partial charge in [0.25, 0.3) is 0 Å². The molecular weight excluding hydrogens is 222 g/mol. The van der Waals surface area contributed by atoms with E-state index < -0.39 is 0 Å². The lowest BCUT2D eigenvalue weighted by atomic mass is 10.2. The van der Waals surface area contributed by atoms with Gasteiger partial charge in [0, 0.05) is 0 Å². The fourth-order valence-corrected chi connectivity index (χ4v) is 2.16. The molecule has 2 aromatic rings. The van der Waals surface area contributed by atoms with E-state index in [0.29, 0.717) is 0 Å². The highest BCUT2D eigenvalue weighted by Crippen LogP contribution is 2.23. The summed E-state index contributed by atoms with van der Waals surface area (Å²) < 4.78 is 5.54. The van der Waals surface area contributed by atoms with Crippen LogP contribution in [0, 0.1) is 6.92 Å². The van der Waals surface area contributed by atoms with Gasteiger partial charge < -0.3 is 9.73 Å². The second kappa shape index (κ2) is 4.65. The minimum atomic E-state index is 0.117. The number of hydrogen-bond donors (Lipinski definition) is 1. The van der Waals surface area contributed by atoms with Crippen molar-refractivity contribution in [1.82, 2.24) is 10.2 Å². The molecule has 0 saturated carbocycles. The van der Waals surface area contributed by atoms with Gasteiger partial charge in [-0.3, -0.25) is 0 Å². The molecule has 0 fully saturated rings. The molecule has 0 aliphatic carbocycles. The van der Waals surface area contributed by atoms with Crippen LogP contribution < -0.4 is 5.32 Å². The van der Waals surface area contributed by atoms with E-state index in [1.54, 1.807) is 11.3 Å². The first-order chi connectivity index (χ1) is 7.69. The molecule has 1 N–H and O–H groups in total. The molecule has 16 heavy (non-hydrogen) atoms. The van der Waals surface area contributed by atoms with E-state index in [1.807, 2.05) is 26.0 Å². The third kappa shape index (κ3) is 2.41. The van der Waals surface area contributed by atoms with E-state index in [9.17, 15) is 0 Å². The van der Waals surface area contributed by atoms with E-state index >= 15 is 0 Å². The maximum absolute atomic E-state index is 5.54. The SMILES string of the molecule is CCc1nnc(NC(C)c2ccc(C)o2)s1. The van der Waals surface area contributed by atoms with Gasteiger partial charge in [0.15, 0.2) is 0 Å². The number of anilines is 1. The van der Waals surface area contributed by atoms with Gasteiger partial charge in [-0.05, 0) is 32.4 Å². The average Bonchev–Trinajstić information content (AvgIpc) is 2.87. The van der Waals surface area contributed by atoms with Gasteiger partial charge in [-0.2, -0.15) is 0 Å². The molecule has 86 valence electrons. The van der Waals surface area contributed by atoms with Crippen LogP contribution >= 0.6 is 11.3 Å². The molecule has 1 atom stereocenters. The monoisotopic (exact) mass is 237 g/mol. The Bertz CT molecular complexity index is 463. The minimum absolute atomic E-state index is 0.117. The maximum atomic E-state index is 5.54. The van der Waals surface area contributed by atoms with Gasteiger partial charge in [0.05, 0.1) is 6.04 Å².